The van der Waals surface area contributed by atoms with Crippen molar-refractivity contribution in [2.45, 2.75) is 6.92 Å². The first-order valence-electron chi connectivity index (χ1n) is 6.99. The van der Waals surface area contributed by atoms with Crippen LogP contribution in [0.5, 0.6) is 0 Å². The van der Waals surface area contributed by atoms with Gasteiger partial charge < -0.3 is 15.6 Å². The predicted octanol–water partition coefficient (Wildman–Crippen LogP) is 3.98. The average Bonchev–Trinajstić information content (AvgIpc) is 2.96. The molecule has 0 aliphatic heterocycles. The number of hydrogen-bond donors (Lipinski definition) is 3. The van der Waals surface area contributed by atoms with Crippen molar-refractivity contribution in [3.8, 4) is 11.1 Å². The van der Waals surface area contributed by atoms with E-state index in [-0.39, 0.29) is 6.03 Å². The lowest BCUT2D eigenvalue weighted by atomic mass is 10.0. The molecular weight excluding hydrogens is 262 g/mol. The van der Waals surface area contributed by atoms with Gasteiger partial charge in [0.15, 0.2) is 0 Å². The molecule has 2 aromatic carbocycles. The van der Waals surface area contributed by atoms with Crippen LogP contribution in [0.25, 0.3) is 22.0 Å². The number of anilines is 1. The van der Waals surface area contributed by atoms with Gasteiger partial charge in [-0.05, 0) is 42.3 Å². The van der Waals surface area contributed by atoms with Gasteiger partial charge in [0.2, 0.25) is 0 Å². The number of amides is 2. The Morgan fingerprint density at radius 3 is 2.86 bits per heavy atom. The zero-order chi connectivity index (χ0) is 14.7. The molecule has 0 saturated heterocycles. The second-order valence-corrected chi connectivity index (χ2v) is 4.81. The molecule has 0 spiro atoms. The highest BCUT2D eigenvalue weighted by Gasteiger charge is 2.06. The molecule has 2 amide bonds. The molecule has 3 rings (SSSR count). The number of fused-ring (bicyclic) bond motifs is 1. The van der Waals surface area contributed by atoms with Gasteiger partial charge in [-0.1, -0.05) is 24.3 Å². The Morgan fingerprint density at radius 2 is 2.00 bits per heavy atom. The summed E-state index contributed by atoms with van der Waals surface area (Å²) in [6, 6.07) is 15.9. The normalized spacial score (nSPS) is 10.5. The zero-order valence-electron chi connectivity index (χ0n) is 11.8. The van der Waals surface area contributed by atoms with Crippen LogP contribution >= 0.6 is 0 Å². The van der Waals surface area contributed by atoms with E-state index in [1.165, 1.54) is 5.39 Å². The lowest BCUT2D eigenvalue weighted by molar-refractivity contribution is 0.252. The van der Waals surface area contributed by atoms with Crippen molar-refractivity contribution in [2.24, 2.45) is 0 Å². The van der Waals surface area contributed by atoms with E-state index in [2.05, 4.69) is 33.8 Å². The number of urea groups is 1. The summed E-state index contributed by atoms with van der Waals surface area (Å²) in [5, 5.41) is 6.73. The summed E-state index contributed by atoms with van der Waals surface area (Å²) < 4.78 is 0. The molecule has 1 aromatic heterocycles. The topological polar surface area (TPSA) is 56.9 Å². The first-order valence-corrected chi connectivity index (χ1v) is 6.99. The number of nitrogens with one attached hydrogen (secondary N) is 3. The minimum absolute atomic E-state index is 0.186. The largest absolute Gasteiger partial charge is 0.361 e. The Morgan fingerprint density at radius 1 is 1.14 bits per heavy atom. The first kappa shape index (κ1) is 13.2. The minimum atomic E-state index is -0.186. The third kappa shape index (κ3) is 2.74. The number of aromatic amines is 1. The molecular formula is C17H17N3O. The summed E-state index contributed by atoms with van der Waals surface area (Å²) in [7, 11) is 0. The molecule has 21 heavy (non-hydrogen) atoms. The van der Waals surface area contributed by atoms with E-state index in [1.807, 2.05) is 43.5 Å². The van der Waals surface area contributed by atoms with Gasteiger partial charge in [-0.3, -0.25) is 0 Å². The SMILES string of the molecule is CCNC(=O)Nc1cccc(-c2cccc3[nH]ccc23)c1. The Hall–Kier alpha value is -2.75. The number of aromatic nitrogens is 1. The highest BCUT2D eigenvalue weighted by Crippen LogP contribution is 2.29. The van der Waals surface area contributed by atoms with Gasteiger partial charge in [0.1, 0.15) is 0 Å². The number of hydrogen-bond acceptors (Lipinski definition) is 1. The molecule has 4 heteroatoms. The molecule has 3 aromatic rings. The highest BCUT2D eigenvalue weighted by atomic mass is 16.2. The molecule has 0 aliphatic rings. The molecule has 0 fully saturated rings. The van der Waals surface area contributed by atoms with Crippen molar-refractivity contribution >= 4 is 22.6 Å². The molecule has 0 atom stereocenters. The van der Waals surface area contributed by atoms with Crippen LogP contribution in [-0.4, -0.2) is 17.6 Å². The van der Waals surface area contributed by atoms with E-state index in [0.717, 1.165) is 22.3 Å². The van der Waals surface area contributed by atoms with Crippen LogP contribution in [-0.2, 0) is 0 Å². The molecule has 1 heterocycles. The third-order valence-corrected chi connectivity index (χ3v) is 3.36. The molecule has 0 unspecified atom stereocenters. The van der Waals surface area contributed by atoms with Crippen molar-refractivity contribution in [2.75, 3.05) is 11.9 Å². The molecule has 0 saturated carbocycles. The highest BCUT2D eigenvalue weighted by molar-refractivity contribution is 5.96. The number of H-pyrrole nitrogens is 1. The summed E-state index contributed by atoms with van der Waals surface area (Å²) in [6.07, 6.45) is 1.94. The van der Waals surface area contributed by atoms with E-state index in [4.69, 9.17) is 0 Å². The maximum absolute atomic E-state index is 11.6. The van der Waals surface area contributed by atoms with Crippen LogP contribution in [0, 0.1) is 0 Å². The van der Waals surface area contributed by atoms with Crippen molar-refractivity contribution in [3.05, 3.63) is 54.7 Å². The van der Waals surface area contributed by atoms with E-state index in [1.54, 1.807) is 0 Å². The van der Waals surface area contributed by atoms with Gasteiger partial charge in [-0.2, -0.15) is 0 Å². The number of carbonyl (C=O) groups is 1. The van der Waals surface area contributed by atoms with Gasteiger partial charge >= 0.3 is 6.03 Å². The summed E-state index contributed by atoms with van der Waals surface area (Å²) in [6.45, 7) is 2.50. The summed E-state index contributed by atoms with van der Waals surface area (Å²) in [5.41, 5.74) is 4.11. The number of rotatable bonds is 3. The fourth-order valence-electron chi connectivity index (χ4n) is 2.44. The van der Waals surface area contributed by atoms with Crippen LogP contribution in [0.1, 0.15) is 6.92 Å². The first-order chi connectivity index (χ1) is 10.3. The Balaban J connectivity index is 1.96. The summed E-state index contributed by atoms with van der Waals surface area (Å²) in [4.78, 5) is 14.8. The van der Waals surface area contributed by atoms with E-state index in [0.29, 0.717) is 6.54 Å². The zero-order valence-corrected chi connectivity index (χ0v) is 11.8. The van der Waals surface area contributed by atoms with Crippen molar-refractivity contribution in [1.29, 1.82) is 0 Å². The molecule has 0 radical (unpaired) electrons. The lowest BCUT2D eigenvalue weighted by Crippen LogP contribution is -2.28. The molecule has 0 aliphatic carbocycles. The van der Waals surface area contributed by atoms with Crippen LogP contribution in [0.2, 0.25) is 0 Å². The molecule has 0 bridgehead atoms. The van der Waals surface area contributed by atoms with E-state index >= 15 is 0 Å². The van der Waals surface area contributed by atoms with Crippen LogP contribution in [0.3, 0.4) is 0 Å². The molecule has 4 nitrogen and oxygen atoms in total. The van der Waals surface area contributed by atoms with E-state index in [9.17, 15) is 4.79 Å². The quantitative estimate of drug-likeness (QED) is 0.667. The van der Waals surface area contributed by atoms with Crippen molar-refractivity contribution in [1.82, 2.24) is 10.3 Å². The third-order valence-electron chi connectivity index (χ3n) is 3.36. The smallest absolute Gasteiger partial charge is 0.319 e. The van der Waals surface area contributed by atoms with E-state index < -0.39 is 0 Å². The summed E-state index contributed by atoms with van der Waals surface area (Å²) in [5.74, 6) is 0. The minimum Gasteiger partial charge on any atom is -0.361 e. The maximum atomic E-state index is 11.6. The number of carbonyl (C=O) groups excluding carboxylic acids is 1. The second kappa shape index (κ2) is 5.71. The van der Waals surface area contributed by atoms with Crippen LogP contribution < -0.4 is 10.6 Å². The fourth-order valence-corrected chi connectivity index (χ4v) is 2.44. The van der Waals surface area contributed by atoms with Crippen molar-refractivity contribution < 1.29 is 4.79 Å². The monoisotopic (exact) mass is 279 g/mol. The fraction of sp³-hybridized carbons (Fsp3) is 0.118. The maximum Gasteiger partial charge on any atom is 0.319 e. The predicted molar refractivity (Wildman–Crippen MR) is 86.4 cm³/mol. The van der Waals surface area contributed by atoms with Gasteiger partial charge in [0.05, 0.1) is 0 Å². The van der Waals surface area contributed by atoms with Crippen LogP contribution in [0.4, 0.5) is 10.5 Å². The van der Waals surface area contributed by atoms with Gasteiger partial charge in [-0.15, -0.1) is 0 Å². The lowest BCUT2D eigenvalue weighted by Gasteiger charge is -2.09. The van der Waals surface area contributed by atoms with Gasteiger partial charge in [0, 0.05) is 29.3 Å². The number of benzene rings is 2. The Bertz CT molecular complexity index is 776. The average molecular weight is 279 g/mol. The van der Waals surface area contributed by atoms with Gasteiger partial charge in [0.25, 0.3) is 0 Å². The Labute approximate surface area is 123 Å². The van der Waals surface area contributed by atoms with Gasteiger partial charge in [-0.25, -0.2) is 4.79 Å². The molecule has 106 valence electrons. The second-order valence-electron chi connectivity index (χ2n) is 4.81. The molecule has 3 N–H and O–H groups in total. The Kier molecular flexibility index (Phi) is 3.60. The van der Waals surface area contributed by atoms with Crippen LogP contribution in [0.15, 0.2) is 54.7 Å². The van der Waals surface area contributed by atoms with Crippen molar-refractivity contribution in [3.63, 3.8) is 0 Å². The standard InChI is InChI=1S/C17H17N3O/c1-2-18-17(21)20-13-6-3-5-12(11-13)14-7-4-8-16-15(14)9-10-19-16/h3-11,19H,2H2,1H3,(H2,18,20,21). The summed E-state index contributed by atoms with van der Waals surface area (Å²) >= 11 is 0.